The first kappa shape index (κ1) is 30.1. The second kappa shape index (κ2) is 12.8. The number of nitrogens with zero attached hydrogens (tertiary/aromatic N) is 5. The van der Waals surface area contributed by atoms with E-state index in [-0.39, 0.29) is 34.3 Å². The van der Waals surface area contributed by atoms with E-state index < -0.39 is 17.6 Å². The summed E-state index contributed by atoms with van der Waals surface area (Å²) in [5.41, 5.74) is 12.7. The number of amides is 1. The van der Waals surface area contributed by atoms with Gasteiger partial charge in [0.1, 0.15) is 22.8 Å². The molecule has 2 aromatic carbocycles. The number of hydrogen-bond acceptors (Lipinski definition) is 9. The van der Waals surface area contributed by atoms with E-state index in [0.717, 1.165) is 38.2 Å². The minimum absolute atomic E-state index is 0.0148. The highest BCUT2D eigenvalue weighted by atomic mass is 19.4. The van der Waals surface area contributed by atoms with Crippen LogP contribution in [0.1, 0.15) is 28.0 Å². The molecule has 0 radical (unpaired) electrons. The molecule has 1 saturated heterocycles. The first-order chi connectivity index (χ1) is 20.0. The monoisotopic (exact) mass is 583 g/mol. The summed E-state index contributed by atoms with van der Waals surface area (Å²) in [5, 5.41) is 5.39. The normalized spacial score (nSPS) is 14.7. The van der Waals surface area contributed by atoms with Crippen LogP contribution in [0.3, 0.4) is 0 Å². The number of nitrogens with two attached hydrogens (primary N) is 2. The van der Waals surface area contributed by atoms with E-state index in [1.54, 1.807) is 0 Å². The third-order valence-corrected chi connectivity index (χ3v) is 6.55. The van der Waals surface area contributed by atoms with Crippen molar-refractivity contribution in [3.8, 4) is 5.75 Å². The number of halogens is 3. The molecule has 0 aliphatic carbocycles. The molecule has 0 unspecified atom stereocenters. The van der Waals surface area contributed by atoms with Crippen LogP contribution in [0, 0.1) is 0 Å². The summed E-state index contributed by atoms with van der Waals surface area (Å²) < 4.78 is 44.7. The summed E-state index contributed by atoms with van der Waals surface area (Å²) in [5.74, 6) is 0.138. The Morgan fingerprint density at radius 3 is 2.64 bits per heavy atom. The van der Waals surface area contributed by atoms with E-state index in [2.05, 4.69) is 37.1 Å². The summed E-state index contributed by atoms with van der Waals surface area (Å²) in [7, 11) is 3.47. The third-order valence-electron chi connectivity index (χ3n) is 6.55. The minimum atomic E-state index is -4.55. The van der Waals surface area contributed by atoms with E-state index in [1.807, 2.05) is 11.9 Å². The Hall–Kier alpha value is -4.85. The zero-order chi connectivity index (χ0) is 30.4. The highest BCUT2D eigenvalue weighted by Gasteiger charge is 2.30. The van der Waals surface area contributed by atoms with Gasteiger partial charge in [0.15, 0.2) is 11.7 Å². The molecule has 3 aromatic rings. The Labute approximate surface area is 241 Å². The van der Waals surface area contributed by atoms with E-state index in [1.165, 1.54) is 43.6 Å². The number of nitrogens with one attached hydrogen (secondary N) is 2. The number of aromatic nitrogens is 2. The van der Waals surface area contributed by atoms with Crippen molar-refractivity contribution >= 4 is 40.6 Å². The number of aliphatic imine (C=N–C) groups is 1. The van der Waals surface area contributed by atoms with Gasteiger partial charge in [-0.15, -0.1) is 0 Å². The second-order valence-corrected chi connectivity index (χ2v) is 9.54. The first-order valence-corrected chi connectivity index (χ1v) is 13.0. The number of alkyl halides is 3. The lowest BCUT2D eigenvalue weighted by molar-refractivity contribution is -0.137. The number of hydrogen-bond donors (Lipinski definition) is 4. The fourth-order valence-electron chi connectivity index (χ4n) is 4.36. The summed E-state index contributed by atoms with van der Waals surface area (Å²) in [6.45, 7) is 6.86. The number of benzene rings is 2. The molecule has 0 spiro atoms. The van der Waals surface area contributed by atoms with Gasteiger partial charge in [-0.05, 0) is 62.6 Å². The van der Waals surface area contributed by atoms with Gasteiger partial charge in [0, 0.05) is 30.9 Å². The van der Waals surface area contributed by atoms with Crippen LogP contribution in [0.25, 0.3) is 0 Å². The molecule has 6 N–H and O–H groups in total. The maximum Gasteiger partial charge on any atom is 0.416 e. The summed E-state index contributed by atoms with van der Waals surface area (Å²) in [4.78, 5) is 30.8. The van der Waals surface area contributed by atoms with E-state index in [9.17, 15) is 18.0 Å². The van der Waals surface area contributed by atoms with E-state index >= 15 is 0 Å². The van der Waals surface area contributed by atoms with Gasteiger partial charge in [-0.3, -0.25) is 4.79 Å². The standard InChI is InChI=1S/C28H32F3N9O2/c1-4-34-22-23(37-27(38-24(22)32)40-12-6-11-39(2)13-14-40)25(33)36-20-15-17(9-10-21(20)42-3)26(41)35-19-8-5-7-18(16-19)28(29,30)31/h4-5,7-10,15-16,34H,1,6,11-14H2,2-3H3,(H2,33,36)(H,35,41)(H2,32,37,38). The molecule has 11 nitrogen and oxygen atoms in total. The molecule has 0 saturated carbocycles. The van der Waals surface area contributed by atoms with Crippen LogP contribution in [-0.4, -0.2) is 66.9 Å². The number of ether oxygens (including phenoxy) is 1. The van der Waals surface area contributed by atoms with Gasteiger partial charge < -0.3 is 36.6 Å². The van der Waals surface area contributed by atoms with Crippen molar-refractivity contribution in [2.45, 2.75) is 12.6 Å². The van der Waals surface area contributed by atoms with Gasteiger partial charge in [0.2, 0.25) is 5.95 Å². The summed E-state index contributed by atoms with van der Waals surface area (Å²) >= 11 is 0. The Kier molecular flexibility index (Phi) is 9.15. The molecule has 1 aliphatic rings. The molecular weight excluding hydrogens is 551 g/mol. The lowest BCUT2D eigenvalue weighted by Gasteiger charge is -2.22. The topological polar surface area (TPSA) is 147 Å². The van der Waals surface area contributed by atoms with Crippen LogP contribution in [0.15, 0.2) is 60.2 Å². The van der Waals surface area contributed by atoms with Crippen molar-refractivity contribution in [3.63, 3.8) is 0 Å². The van der Waals surface area contributed by atoms with Gasteiger partial charge in [-0.25, -0.2) is 9.98 Å². The smallest absolute Gasteiger partial charge is 0.416 e. The number of rotatable bonds is 8. The highest BCUT2D eigenvalue weighted by Crippen LogP contribution is 2.33. The van der Waals surface area contributed by atoms with Gasteiger partial charge in [-0.2, -0.15) is 18.2 Å². The number of likely N-dealkylation sites (N-methyl/N-ethyl adjacent to an activating group) is 1. The average Bonchev–Trinajstić information content (AvgIpc) is 3.18. The predicted molar refractivity (Wildman–Crippen MR) is 157 cm³/mol. The van der Waals surface area contributed by atoms with Crippen molar-refractivity contribution < 1.29 is 22.7 Å². The highest BCUT2D eigenvalue weighted by molar-refractivity contribution is 6.06. The summed E-state index contributed by atoms with van der Waals surface area (Å²) in [6.07, 6.45) is -2.23. The molecule has 0 bridgehead atoms. The zero-order valence-electron chi connectivity index (χ0n) is 23.2. The van der Waals surface area contributed by atoms with Crippen molar-refractivity contribution in [2.24, 2.45) is 10.7 Å². The molecular formula is C28H32F3N9O2. The van der Waals surface area contributed by atoms with Crippen molar-refractivity contribution in [2.75, 3.05) is 61.6 Å². The van der Waals surface area contributed by atoms with Gasteiger partial charge in [0.05, 0.1) is 12.7 Å². The maximum absolute atomic E-state index is 13.1. The third kappa shape index (κ3) is 7.07. The molecule has 42 heavy (non-hydrogen) atoms. The van der Waals surface area contributed by atoms with Crippen LogP contribution in [-0.2, 0) is 6.18 Å². The molecule has 0 atom stereocenters. The van der Waals surface area contributed by atoms with E-state index in [4.69, 9.17) is 16.2 Å². The molecule has 2 heterocycles. The number of methoxy groups -OCH3 is 1. The lowest BCUT2D eigenvalue weighted by atomic mass is 10.1. The van der Waals surface area contributed by atoms with E-state index in [0.29, 0.717) is 23.9 Å². The zero-order valence-corrected chi connectivity index (χ0v) is 23.2. The largest absolute Gasteiger partial charge is 0.494 e. The quantitative estimate of drug-likeness (QED) is 0.228. The number of carbonyl (C=O) groups excluding carboxylic acids is 1. The van der Waals surface area contributed by atoms with Gasteiger partial charge >= 0.3 is 6.18 Å². The minimum Gasteiger partial charge on any atom is -0.494 e. The lowest BCUT2D eigenvalue weighted by Crippen LogP contribution is -2.31. The van der Waals surface area contributed by atoms with Crippen LogP contribution in [0.2, 0.25) is 0 Å². The predicted octanol–water partition coefficient (Wildman–Crippen LogP) is 4.07. The average molecular weight is 584 g/mol. The van der Waals surface area contributed by atoms with Crippen LogP contribution >= 0.6 is 0 Å². The Morgan fingerprint density at radius 1 is 1.14 bits per heavy atom. The molecule has 1 amide bonds. The second-order valence-electron chi connectivity index (χ2n) is 9.54. The molecule has 1 aliphatic heterocycles. The maximum atomic E-state index is 13.1. The van der Waals surface area contributed by atoms with Gasteiger partial charge in [-0.1, -0.05) is 12.6 Å². The molecule has 14 heteroatoms. The van der Waals surface area contributed by atoms with Crippen molar-refractivity contribution in [1.29, 1.82) is 0 Å². The number of anilines is 4. The van der Waals surface area contributed by atoms with Crippen LogP contribution < -0.4 is 31.7 Å². The Bertz CT molecular complexity index is 1490. The SMILES string of the molecule is C=CNc1c(N)nc(N2CCCN(C)CC2)nc1C(N)=Nc1cc(C(=O)Nc2cccc(C(F)(F)F)c2)ccc1OC. The van der Waals surface area contributed by atoms with Crippen LogP contribution in [0.5, 0.6) is 5.75 Å². The summed E-state index contributed by atoms with van der Waals surface area (Å²) in [6, 6.07) is 8.72. The molecule has 4 rings (SSSR count). The fourth-order valence-corrected chi connectivity index (χ4v) is 4.36. The number of nitrogen functional groups attached to an aromatic ring is 1. The number of amidine groups is 1. The number of carbonyl (C=O) groups is 1. The van der Waals surface area contributed by atoms with Gasteiger partial charge in [0.25, 0.3) is 5.91 Å². The molecule has 1 fully saturated rings. The Balaban J connectivity index is 1.69. The molecule has 222 valence electrons. The van der Waals surface area contributed by atoms with Crippen molar-refractivity contribution in [1.82, 2.24) is 14.9 Å². The Morgan fingerprint density at radius 2 is 1.93 bits per heavy atom. The van der Waals surface area contributed by atoms with Crippen LogP contribution in [0.4, 0.5) is 42.0 Å². The fraction of sp³-hybridized carbons (Fsp3) is 0.286. The first-order valence-electron chi connectivity index (χ1n) is 13.0. The van der Waals surface area contributed by atoms with Crippen molar-refractivity contribution in [3.05, 3.63) is 72.1 Å². The molecule has 1 aromatic heterocycles.